The molecule has 0 saturated heterocycles. The topological polar surface area (TPSA) is 90.0 Å². The minimum absolute atomic E-state index is 0. The van der Waals surface area contributed by atoms with E-state index in [1.165, 1.54) is 35.2 Å². The van der Waals surface area contributed by atoms with E-state index in [2.05, 4.69) is 9.71 Å². The summed E-state index contributed by atoms with van der Waals surface area (Å²) in [6.45, 7) is -0.346. The van der Waals surface area contributed by atoms with Crippen LogP contribution < -0.4 is 10.5 Å². The molecule has 6 nitrogen and oxygen atoms in total. The Labute approximate surface area is 193 Å². The third-order valence-corrected chi connectivity index (χ3v) is 6.62. The molecule has 178 valence electrons. The average molecular weight is 505 g/mol. The molecule has 1 fully saturated rings. The quantitative estimate of drug-likeness (QED) is 0.467. The number of allylic oxidation sites excluding steroid dienone is 1. The molecule has 1 aromatic heterocycles. The number of aromatic nitrogens is 2. The molecule has 1 saturated carbocycles. The molecule has 3 aromatic rings. The second kappa shape index (κ2) is 9.41. The molecule has 0 radical (unpaired) electrons. The molecule has 4 rings (SSSR count). The van der Waals surface area contributed by atoms with Crippen molar-refractivity contribution in [3.63, 3.8) is 0 Å². The van der Waals surface area contributed by atoms with Crippen molar-refractivity contribution in [1.29, 1.82) is 0 Å². The minimum Gasteiger partial charge on any atom is -0.327 e. The molecule has 1 aliphatic carbocycles. The molecule has 1 aliphatic rings. The number of alkyl halides is 3. The van der Waals surface area contributed by atoms with Gasteiger partial charge in [-0.2, -0.15) is 13.2 Å². The monoisotopic (exact) mass is 504 g/mol. The molecule has 0 atom stereocenters. The Bertz CT molecular complexity index is 1280. The van der Waals surface area contributed by atoms with Crippen molar-refractivity contribution in [2.24, 2.45) is 5.73 Å². The van der Waals surface area contributed by atoms with Crippen LogP contribution in [0.4, 0.5) is 17.6 Å². The van der Waals surface area contributed by atoms with Gasteiger partial charge in [-0.1, -0.05) is 12.1 Å². The van der Waals surface area contributed by atoms with Crippen molar-refractivity contribution in [1.82, 2.24) is 14.3 Å². The van der Waals surface area contributed by atoms with Gasteiger partial charge in [0, 0.05) is 18.2 Å². The average Bonchev–Trinajstić information content (AvgIpc) is 3.44. The van der Waals surface area contributed by atoms with Gasteiger partial charge in [-0.3, -0.25) is 0 Å². The summed E-state index contributed by atoms with van der Waals surface area (Å²) in [5.41, 5.74) is 5.23. The highest BCUT2D eigenvalue weighted by Crippen LogP contribution is 2.37. The van der Waals surface area contributed by atoms with Gasteiger partial charge in [-0.25, -0.2) is 22.5 Å². The van der Waals surface area contributed by atoms with Crippen LogP contribution >= 0.6 is 12.4 Å². The molecule has 0 spiro atoms. The summed E-state index contributed by atoms with van der Waals surface area (Å²) >= 11 is 0. The van der Waals surface area contributed by atoms with E-state index in [0.29, 0.717) is 5.56 Å². The summed E-state index contributed by atoms with van der Waals surface area (Å²) in [5, 5.41) is 0. The van der Waals surface area contributed by atoms with Crippen LogP contribution in [0.2, 0.25) is 0 Å². The van der Waals surface area contributed by atoms with Crippen molar-refractivity contribution in [2.75, 3.05) is 6.54 Å². The van der Waals surface area contributed by atoms with Gasteiger partial charge >= 0.3 is 6.18 Å². The molecule has 0 unspecified atom stereocenters. The van der Waals surface area contributed by atoms with E-state index in [4.69, 9.17) is 5.73 Å². The van der Waals surface area contributed by atoms with E-state index < -0.39 is 27.6 Å². The standard InChI is InChI=1S/C21H20F4N4O2S.ClH/c22-15(7-8-26)11-29-12-27-20-18(9-14(10-19(20)29)21(23,24)25)13-1-5-17(6-2-13)32(30,31)28-16-3-4-16;/h1-2,5-7,9-10,12,16,28H,3-4,8,11,26H2;1H. The van der Waals surface area contributed by atoms with Gasteiger partial charge in [0.15, 0.2) is 0 Å². The lowest BCUT2D eigenvalue weighted by atomic mass is 10.0. The number of hydrogen-bond donors (Lipinski definition) is 2. The summed E-state index contributed by atoms with van der Waals surface area (Å²) in [7, 11) is -3.69. The van der Waals surface area contributed by atoms with Gasteiger partial charge < -0.3 is 10.3 Å². The Morgan fingerprint density at radius 1 is 1.21 bits per heavy atom. The van der Waals surface area contributed by atoms with Crippen LogP contribution in [0, 0.1) is 0 Å². The van der Waals surface area contributed by atoms with Crippen LogP contribution in [-0.4, -0.2) is 30.6 Å². The molecule has 33 heavy (non-hydrogen) atoms. The molecule has 3 N–H and O–H groups in total. The fourth-order valence-electron chi connectivity index (χ4n) is 3.33. The molecule has 2 aromatic carbocycles. The van der Waals surface area contributed by atoms with Gasteiger partial charge in [-0.05, 0) is 48.7 Å². The zero-order valence-electron chi connectivity index (χ0n) is 17.1. The molecule has 0 aliphatic heterocycles. The first-order chi connectivity index (χ1) is 15.1. The van der Waals surface area contributed by atoms with Crippen LogP contribution in [0.5, 0.6) is 0 Å². The summed E-state index contributed by atoms with van der Waals surface area (Å²) in [6, 6.07) is 7.35. The molecular weight excluding hydrogens is 484 g/mol. The van der Waals surface area contributed by atoms with Crippen molar-refractivity contribution >= 4 is 33.5 Å². The van der Waals surface area contributed by atoms with Crippen LogP contribution in [0.15, 0.2) is 59.5 Å². The smallest absolute Gasteiger partial charge is 0.327 e. The van der Waals surface area contributed by atoms with Gasteiger partial charge in [0.1, 0.15) is 5.83 Å². The van der Waals surface area contributed by atoms with Crippen molar-refractivity contribution < 1.29 is 26.0 Å². The highest BCUT2D eigenvalue weighted by molar-refractivity contribution is 7.89. The zero-order valence-corrected chi connectivity index (χ0v) is 18.8. The predicted molar refractivity (Wildman–Crippen MR) is 119 cm³/mol. The molecule has 0 amide bonds. The third kappa shape index (κ3) is 5.55. The second-order valence-electron chi connectivity index (χ2n) is 7.57. The highest BCUT2D eigenvalue weighted by Gasteiger charge is 2.32. The van der Waals surface area contributed by atoms with Crippen LogP contribution in [-0.2, 0) is 22.7 Å². The Kier molecular flexibility index (Phi) is 7.18. The number of rotatable bonds is 7. The lowest BCUT2D eigenvalue weighted by Gasteiger charge is -2.12. The first-order valence-corrected chi connectivity index (χ1v) is 11.3. The molecule has 1 heterocycles. The van der Waals surface area contributed by atoms with Crippen LogP contribution in [0.25, 0.3) is 22.2 Å². The van der Waals surface area contributed by atoms with E-state index in [-0.39, 0.29) is 53.0 Å². The van der Waals surface area contributed by atoms with Gasteiger partial charge in [0.2, 0.25) is 10.0 Å². The van der Waals surface area contributed by atoms with E-state index in [1.807, 2.05) is 0 Å². The Balaban J connectivity index is 0.00000306. The molecule has 12 heteroatoms. The minimum atomic E-state index is -4.64. The van der Waals surface area contributed by atoms with E-state index in [1.54, 1.807) is 0 Å². The number of benzene rings is 2. The van der Waals surface area contributed by atoms with Gasteiger partial charge in [0.25, 0.3) is 0 Å². The first kappa shape index (κ1) is 25.2. The number of halogens is 5. The highest BCUT2D eigenvalue weighted by atomic mass is 35.5. The predicted octanol–water partition coefficient (Wildman–Crippen LogP) is 4.40. The largest absolute Gasteiger partial charge is 0.416 e. The number of nitrogens with one attached hydrogen (secondary N) is 1. The van der Waals surface area contributed by atoms with Crippen molar-refractivity contribution in [3.8, 4) is 11.1 Å². The van der Waals surface area contributed by atoms with Crippen LogP contribution in [0.1, 0.15) is 18.4 Å². The summed E-state index contributed by atoms with van der Waals surface area (Å²) < 4.78 is 83.2. The molecular formula is C21H21ClF4N4O2S. The van der Waals surface area contributed by atoms with E-state index in [0.717, 1.165) is 31.1 Å². The summed E-state index contributed by atoms with van der Waals surface area (Å²) in [6.07, 6.45) is -0.681. The van der Waals surface area contributed by atoms with E-state index >= 15 is 0 Å². The van der Waals surface area contributed by atoms with Gasteiger partial charge in [-0.15, -0.1) is 12.4 Å². The normalized spacial score (nSPS) is 15.0. The Hall–Kier alpha value is -2.47. The van der Waals surface area contributed by atoms with E-state index in [9.17, 15) is 26.0 Å². The fourth-order valence-corrected chi connectivity index (χ4v) is 4.64. The van der Waals surface area contributed by atoms with Crippen molar-refractivity contribution in [3.05, 3.63) is 60.2 Å². The first-order valence-electron chi connectivity index (χ1n) is 9.82. The summed E-state index contributed by atoms with van der Waals surface area (Å²) in [4.78, 5) is 4.21. The molecule has 0 bridgehead atoms. The Morgan fingerprint density at radius 3 is 2.45 bits per heavy atom. The summed E-state index contributed by atoms with van der Waals surface area (Å²) in [5.74, 6) is -0.594. The number of imidazole rings is 1. The Morgan fingerprint density at radius 2 is 1.88 bits per heavy atom. The zero-order chi connectivity index (χ0) is 23.1. The van der Waals surface area contributed by atoms with Crippen molar-refractivity contribution in [2.45, 2.75) is 36.5 Å². The maximum absolute atomic E-state index is 14.0. The lowest BCUT2D eigenvalue weighted by molar-refractivity contribution is -0.137. The maximum atomic E-state index is 14.0. The number of hydrogen-bond acceptors (Lipinski definition) is 4. The second-order valence-corrected chi connectivity index (χ2v) is 9.28. The third-order valence-electron chi connectivity index (χ3n) is 5.09. The fraction of sp³-hybridized carbons (Fsp3) is 0.286. The number of sulfonamides is 1. The number of fused-ring (bicyclic) bond motifs is 1. The van der Waals surface area contributed by atoms with Crippen LogP contribution in [0.3, 0.4) is 0 Å². The van der Waals surface area contributed by atoms with Gasteiger partial charge in [0.05, 0.1) is 34.4 Å². The number of nitrogens with zero attached hydrogens (tertiary/aromatic N) is 2. The maximum Gasteiger partial charge on any atom is 0.416 e. The lowest BCUT2D eigenvalue weighted by Crippen LogP contribution is -2.25. The SMILES string of the molecule is Cl.NCC=C(F)Cn1cnc2c(-c3ccc(S(=O)(=O)NC4CC4)cc3)cc(C(F)(F)F)cc21. The number of nitrogens with two attached hydrogens (primary N) is 1.